The molecule has 29 heavy (non-hydrogen) atoms. The van der Waals surface area contributed by atoms with Crippen molar-refractivity contribution in [2.75, 3.05) is 23.3 Å². The largest absolute Gasteiger partial charge is 0.416 e. The molecule has 1 aromatic heterocycles. The predicted octanol–water partition coefficient (Wildman–Crippen LogP) is 3.65. The second-order valence-electron chi connectivity index (χ2n) is 6.43. The van der Waals surface area contributed by atoms with E-state index in [9.17, 15) is 18.0 Å². The van der Waals surface area contributed by atoms with Crippen LogP contribution in [0.3, 0.4) is 0 Å². The zero-order valence-electron chi connectivity index (χ0n) is 15.4. The maximum Gasteiger partial charge on any atom is 0.416 e. The average Bonchev–Trinajstić information content (AvgIpc) is 2.68. The van der Waals surface area contributed by atoms with E-state index >= 15 is 0 Å². The van der Waals surface area contributed by atoms with Crippen LogP contribution in [0.5, 0.6) is 0 Å². The van der Waals surface area contributed by atoms with Crippen LogP contribution < -0.4 is 16.0 Å². The normalized spacial score (nSPS) is 14.6. The molecule has 1 aliphatic rings. The molecule has 1 aromatic carbocycles. The minimum atomic E-state index is -4.49. The topological polar surface area (TPSA) is 84.1 Å². The standard InChI is InChI=1S/C18H20F3N5O.2ClH/c19-18(20,21)14-7-12(10-22)8-15(9-14)25-17(27)13-1-5-26(6-2-13)16-11-23-3-4-24-16;;/h3-4,7-9,11,13H,1-2,5-6,10,22H2,(H,25,27);2*1H. The van der Waals surface area contributed by atoms with Crippen molar-refractivity contribution in [3.63, 3.8) is 0 Å². The minimum Gasteiger partial charge on any atom is -0.355 e. The lowest BCUT2D eigenvalue weighted by Crippen LogP contribution is -2.38. The number of rotatable bonds is 4. The molecule has 6 nitrogen and oxygen atoms in total. The fourth-order valence-corrected chi connectivity index (χ4v) is 3.12. The number of nitrogens with one attached hydrogen (secondary N) is 1. The van der Waals surface area contributed by atoms with Gasteiger partial charge in [-0.1, -0.05) is 0 Å². The fraction of sp³-hybridized carbons (Fsp3) is 0.389. The number of nitrogens with zero attached hydrogens (tertiary/aromatic N) is 3. The quantitative estimate of drug-likeness (QED) is 0.740. The Balaban J connectivity index is 0.00000210. The summed E-state index contributed by atoms with van der Waals surface area (Å²) >= 11 is 0. The molecule has 1 fully saturated rings. The first-order valence-electron chi connectivity index (χ1n) is 8.60. The Hall–Kier alpha value is -2.10. The molecular formula is C18H22Cl2F3N5O. The lowest BCUT2D eigenvalue weighted by Gasteiger charge is -2.31. The summed E-state index contributed by atoms with van der Waals surface area (Å²) in [7, 11) is 0. The molecule has 0 saturated carbocycles. The average molecular weight is 452 g/mol. The van der Waals surface area contributed by atoms with Crippen molar-refractivity contribution in [3.05, 3.63) is 47.9 Å². The highest BCUT2D eigenvalue weighted by Crippen LogP contribution is 2.32. The number of hydrogen-bond acceptors (Lipinski definition) is 5. The molecule has 1 saturated heterocycles. The molecule has 0 spiro atoms. The molecule has 0 atom stereocenters. The van der Waals surface area contributed by atoms with Gasteiger partial charge in [0.2, 0.25) is 5.91 Å². The SMILES string of the molecule is Cl.Cl.NCc1cc(NC(=O)C2CCN(c3cnccn3)CC2)cc(C(F)(F)F)c1. The lowest BCUT2D eigenvalue weighted by molar-refractivity contribution is -0.137. The Morgan fingerprint density at radius 1 is 1.17 bits per heavy atom. The predicted molar refractivity (Wildman–Crippen MR) is 109 cm³/mol. The molecule has 0 unspecified atom stereocenters. The third-order valence-corrected chi connectivity index (χ3v) is 4.56. The van der Waals surface area contributed by atoms with Crippen LogP contribution in [0.25, 0.3) is 0 Å². The van der Waals surface area contributed by atoms with Crippen LogP contribution in [0.4, 0.5) is 24.7 Å². The monoisotopic (exact) mass is 451 g/mol. The van der Waals surface area contributed by atoms with Gasteiger partial charge in [-0.05, 0) is 36.6 Å². The first-order valence-corrected chi connectivity index (χ1v) is 8.60. The molecule has 11 heteroatoms. The summed E-state index contributed by atoms with van der Waals surface area (Å²) in [4.78, 5) is 22.8. The van der Waals surface area contributed by atoms with Gasteiger partial charge in [-0.25, -0.2) is 4.98 Å². The number of carbonyl (C=O) groups is 1. The Bertz CT molecular complexity index is 800. The van der Waals surface area contributed by atoms with Gasteiger partial charge in [0.15, 0.2) is 0 Å². The Morgan fingerprint density at radius 2 is 1.86 bits per heavy atom. The van der Waals surface area contributed by atoms with Crippen LogP contribution in [-0.4, -0.2) is 29.0 Å². The van der Waals surface area contributed by atoms with E-state index in [1.807, 2.05) is 4.90 Å². The van der Waals surface area contributed by atoms with Crippen molar-refractivity contribution in [2.45, 2.75) is 25.6 Å². The summed E-state index contributed by atoms with van der Waals surface area (Å²) in [5, 5.41) is 2.61. The zero-order chi connectivity index (χ0) is 19.4. The van der Waals surface area contributed by atoms with Crippen molar-refractivity contribution < 1.29 is 18.0 Å². The van der Waals surface area contributed by atoms with Gasteiger partial charge in [-0.3, -0.25) is 9.78 Å². The smallest absolute Gasteiger partial charge is 0.355 e. The number of aromatic nitrogens is 2. The van der Waals surface area contributed by atoms with Gasteiger partial charge in [-0.15, -0.1) is 24.8 Å². The van der Waals surface area contributed by atoms with Crippen LogP contribution in [0.2, 0.25) is 0 Å². The zero-order valence-corrected chi connectivity index (χ0v) is 17.0. The van der Waals surface area contributed by atoms with E-state index in [4.69, 9.17) is 5.73 Å². The van der Waals surface area contributed by atoms with Crippen LogP contribution in [0, 0.1) is 5.92 Å². The molecule has 2 aromatic rings. The number of hydrogen-bond donors (Lipinski definition) is 2. The molecule has 160 valence electrons. The van der Waals surface area contributed by atoms with E-state index in [-0.39, 0.29) is 48.9 Å². The highest BCUT2D eigenvalue weighted by molar-refractivity contribution is 5.93. The maximum absolute atomic E-state index is 13.0. The van der Waals surface area contributed by atoms with Crippen molar-refractivity contribution >= 4 is 42.2 Å². The molecule has 1 aliphatic heterocycles. The van der Waals surface area contributed by atoms with E-state index in [0.717, 1.165) is 18.0 Å². The lowest BCUT2D eigenvalue weighted by atomic mass is 9.95. The number of alkyl halides is 3. The summed E-state index contributed by atoms with van der Waals surface area (Å²) in [6.07, 6.45) is 1.55. The molecule has 3 rings (SSSR count). The van der Waals surface area contributed by atoms with Gasteiger partial charge in [0.05, 0.1) is 11.8 Å². The van der Waals surface area contributed by atoms with Gasteiger partial charge < -0.3 is 16.0 Å². The summed E-state index contributed by atoms with van der Waals surface area (Å²) in [6, 6.07) is 3.41. The van der Waals surface area contributed by atoms with E-state index < -0.39 is 11.7 Å². The minimum absolute atomic E-state index is 0. The number of amides is 1. The van der Waals surface area contributed by atoms with E-state index in [1.165, 1.54) is 6.07 Å². The molecule has 1 amide bonds. The Morgan fingerprint density at radius 3 is 2.41 bits per heavy atom. The van der Waals surface area contributed by atoms with Crippen LogP contribution >= 0.6 is 24.8 Å². The van der Waals surface area contributed by atoms with E-state index in [2.05, 4.69) is 15.3 Å². The molecule has 0 radical (unpaired) electrons. The second kappa shape index (κ2) is 10.6. The number of anilines is 2. The van der Waals surface area contributed by atoms with Crippen LogP contribution in [0.15, 0.2) is 36.8 Å². The van der Waals surface area contributed by atoms with Gasteiger partial charge in [-0.2, -0.15) is 13.2 Å². The van der Waals surface area contributed by atoms with Crippen molar-refractivity contribution in [1.29, 1.82) is 0 Å². The summed E-state index contributed by atoms with van der Waals surface area (Å²) in [6.45, 7) is 1.23. The van der Waals surface area contributed by atoms with E-state index in [1.54, 1.807) is 18.6 Å². The van der Waals surface area contributed by atoms with Crippen molar-refractivity contribution in [1.82, 2.24) is 9.97 Å². The Labute approximate surface area is 178 Å². The first-order chi connectivity index (χ1) is 12.9. The number of piperidine rings is 1. The molecule has 2 heterocycles. The third-order valence-electron chi connectivity index (χ3n) is 4.56. The fourth-order valence-electron chi connectivity index (χ4n) is 3.12. The maximum atomic E-state index is 13.0. The number of benzene rings is 1. The number of halogens is 5. The van der Waals surface area contributed by atoms with Crippen LogP contribution in [0.1, 0.15) is 24.0 Å². The van der Waals surface area contributed by atoms with Gasteiger partial charge in [0.1, 0.15) is 5.82 Å². The third kappa shape index (κ3) is 6.45. The first kappa shape index (κ1) is 24.9. The molecule has 3 N–H and O–H groups in total. The number of carbonyl (C=O) groups excluding carboxylic acids is 1. The van der Waals surface area contributed by atoms with Crippen molar-refractivity contribution in [2.24, 2.45) is 11.7 Å². The van der Waals surface area contributed by atoms with Gasteiger partial charge in [0.25, 0.3) is 0 Å². The Kier molecular flexibility index (Phi) is 9.13. The summed E-state index contributed by atoms with van der Waals surface area (Å²) < 4.78 is 39.0. The van der Waals surface area contributed by atoms with E-state index in [0.29, 0.717) is 31.5 Å². The second-order valence-corrected chi connectivity index (χ2v) is 6.43. The molecule has 0 bridgehead atoms. The number of nitrogens with two attached hydrogens (primary N) is 1. The summed E-state index contributed by atoms with van der Waals surface area (Å²) in [5.74, 6) is 0.201. The highest BCUT2D eigenvalue weighted by Gasteiger charge is 2.32. The van der Waals surface area contributed by atoms with Crippen molar-refractivity contribution in [3.8, 4) is 0 Å². The molecule has 0 aliphatic carbocycles. The highest BCUT2D eigenvalue weighted by atomic mass is 35.5. The summed E-state index contributed by atoms with van der Waals surface area (Å²) in [5.41, 5.74) is 5.09. The van der Waals surface area contributed by atoms with Crippen LogP contribution in [-0.2, 0) is 17.5 Å². The van der Waals surface area contributed by atoms with Gasteiger partial charge in [0, 0.05) is 43.6 Å². The molecular weight excluding hydrogens is 430 g/mol. The van der Waals surface area contributed by atoms with Gasteiger partial charge >= 0.3 is 6.18 Å².